The summed E-state index contributed by atoms with van der Waals surface area (Å²) in [6.07, 6.45) is 0.0994. The average molecular weight is 190 g/mol. The average Bonchev–Trinajstić information content (AvgIpc) is 2.68. The third kappa shape index (κ3) is 1.77. The Kier molecular flexibility index (Phi) is 2.79. The zero-order valence-corrected chi connectivity index (χ0v) is 8.23. The van der Waals surface area contributed by atoms with Gasteiger partial charge in [0.05, 0.1) is 12.3 Å². The lowest BCUT2D eigenvalue weighted by molar-refractivity contribution is 0.116. The van der Waals surface area contributed by atoms with Crippen LogP contribution in [0.25, 0.3) is 0 Å². The van der Waals surface area contributed by atoms with Crippen molar-refractivity contribution >= 4 is 5.71 Å². The van der Waals surface area contributed by atoms with E-state index >= 15 is 0 Å². The van der Waals surface area contributed by atoms with Gasteiger partial charge in [-0.25, -0.2) is 0 Å². The van der Waals surface area contributed by atoms with E-state index in [1.165, 1.54) is 0 Å². The van der Waals surface area contributed by atoms with E-state index in [1.807, 2.05) is 25.1 Å². The fourth-order valence-corrected chi connectivity index (χ4v) is 1.58. The van der Waals surface area contributed by atoms with Crippen LogP contribution in [0.3, 0.4) is 0 Å². The minimum absolute atomic E-state index is 0.0994. The lowest BCUT2D eigenvalue weighted by Crippen LogP contribution is -2.26. The summed E-state index contributed by atoms with van der Waals surface area (Å²) in [6, 6.07) is 10.1. The highest BCUT2D eigenvalue weighted by Crippen LogP contribution is 2.10. The minimum atomic E-state index is 0.0994. The number of nitrogens with one attached hydrogen (secondary N) is 1. The fraction of sp³-hybridized carbons (Fsp3) is 0.364. The molecular formula is C11H14N2O. The molecule has 74 valence electrons. The van der Waals surface area contributed by atoms with E-state index in [1.54, 1.807) is 0 Å². The first-order valence-electron chi connectivity index (χ1n) is 4.89. The molecular weight excluding hydrogens is 176 g/mol. The van der Waals surface area contributed by atoms with E-state index in [-0.39, 0.29) is 6.10 Å². The van der Waals surface area contributed by atoms with Crippen LogP contribution in [0.15, 0.2) is 35.4 Å². The summed E-state index contributed by atoms with van der Waals surface area (Å²) >= 11 is 0. The van der Waals surface area contributed by atoms with Crippen LogP contribution < -0.4 is 5.43 Å². The molecule has 0 aromatic heterocycles. The highest BCUT2D eigenvalue weighted by molar-refractivity contribution is 6.04. The van der Waals surface area contributed by atoms with Gasteiger partial charge >= 0.3 is 0 Å². The van der Waals surface area contributed by atoms with Crippen molar-refractivity contribution in [1.82, 2.24) is 5.43 Å². The van der Waals surface area contributed by atoms with Crippen LogP contribution in [0.5, 0.6) is 0 Å². The monoisotopic (exact) mass is 190 g/mol. The van der Waals surface area contributed by atoms with Gasteiger partial charge in [0, 0.05) is 12.2 Å². The number of hydrogen-bond donors (Lipinski definition) is 1. The molecule has 1 aliphatic heterocycles. The number of hydrogen-bond acceptors (Lipinski definition) is 3. The van der Waals surface area contributed by atoms with E-state index < -0.39 is 0 Å². The Balaban J connectivity index is 2.18. The molecule has 1 unspecified atom stereocenters. The van der Waals surface area contributed by atoms with Crippen LogP contribution in [0.4, 0.5) is 0 Å². The standard InChI is InChI=1S/C11H14N2O/c1-2-14-10-8-12-13-11(10)9-6-4-3-5-7-9/h3-7,10,12H,2,8H2,1H3. The van der Waals surface area contributed by atoms with Gasteiger partial charge in [0.2, 0.25) is 0 Å². The van der Waals surface area contributed by atoms with Gasteiger partial charge in [-0.15, -0.1) is 0 Å². The molecule has 1 aromatic rings. The maximum atomic E-state index is 5.58. The van der Waals surface area contributed by atoms with Crippen molar-refractivity contribution in [2.45, 2.75) is 13.0 Å². The maximum Gasteiger partial charge on any atom is 0.121 e. The van der Waals surface area contributed by atoms with Gasteiger partial charge in [-0.3, -0.25) is 0 Å². The topological polar surface area (TPSA) is 33.6 Å². The molecule has 14 heavy (non-hydrogen) atoms. The third-order valence-corrected chi connectivity index (χ3v) is 2.22. The van der Waals surface area contributed by atoms with Gasteiger partial charge in [-0.1, -0.05) is 30.3 Å². The maximum absolute atomic E-state index is 5.58. The van der Waals surface area contributed by atoms with Gasteiger partial charge in [0.1, 0.15) is 6.10 Å². The second-order valence-electron chi connectivity index (χ2n) is 3.17. The van der Waals surface area contributed by atoms with Crippen molar-refractivity contribution in [2.24, 2.45) is 5.10 Å². The first kappa shape index (κ1) is 9.21. The summed E-state index contributed by atoms with van der Waals surface area (Å²) in [5.41, 5.74) is 5.11. The van der Waals surface area contributed by atoms with Gasteiger partial charge in [0.25, 0.3) is 0 Å². The molecule has 3 heteroatoms. The van der Waals surface area contributed by atoms with Crippen molar-refractivity contribution in [2.75, 3.05) is 13.2 Å². The summed E-state index contributed by atoms with van der Waals surface area (Å²) < 4.78 is 5.58. The number of rotatable bonds is 3. The van der Waals surface area contributed by atoms with Gasteiger partial charge in [-0.05, 0) is 6.92 Å². The molecule has 1 atom stereocenters. The fourth-order valence-electron chi connectivity index (χ4n) is 1.58. The van der Waals surface area contributed by atoms with E-state index in [9.17, 15) is 0 Å². The number of benzene rings is 1. The zero-order chi connectivity index (χ0) is 9.80. The van der Waals surface area contributed by atoms with Crippen LogP contribution in [-0.4, -0.2) is 25.0 Å². The molecule has 0 saturated carbocycles. The van der Waals surface area contributed by atoms with Crippen molar-refractivity contribution in [3.8, 4) is 0 Å². The molecule has 1 N–H and O–H groups in total. The van der Waals surface area contributed by atoms with E-state index in [0.717, 1.165) is 24.4 Å². The van der Waals surface area contributed by atoms with E-state index in [0.29, 0.717) is 0 Å². The van der Waals surface area contributed by atoms with Crippen molar-refractivity contribution < 1.29 is 4.74 Å². The number of nitrogens with zero attached hydrogens (tertiary/aromatic N) is 1. The highest BCUT2D eigenvalue weighted by Gasteiger charge is 2.22. The molecule has 1 heterocycles. The van der Waals surface area contributed by atoms with Crippen LogP contribution in [0, 0.1) is 0 Å². The smallest absolute Gasteiger partial charge is 0.121 e. The number of hydrazone groups is 1. The van der Waals surface area contributed by atoms with Crippen molar-refractivity contribution in [3.05, 3.63) is 35.9 Å². The molecule has 0 bridgehead atoms. The number of ether oxygens (including phenoxy) is 1. The van der Waals surface area contributed by atoms with Crippen LogP contribution in [0.2, 0.25) is 0 Å². The normalized spacial score (nSPS) is 20.4. The van der Waals surface area contributed by atoms with Crippen molar-refractivity contribution in [3.63, 3.8) is 0 Å². The molecule has 0 amide bonds. The highest BCUT2D eigenvalue weighted by atomic mass is 16.5. The molecule has 0 spiro atoms. The molecule has 2 rings (SSSR count). The predicted octanol–water partition coefficient (Wildman–Crippen LogP) is 1.40. The quantitative estimate of drug-likeness (QED) is 0.781. The predicted molar refractivity (Wildman–Crippen MR) is 56.4 cm³/mol. The first-order valence-corrected chi connectivity index (χ1v) is 4.89. The molecule has 3 nitrogen and oxygen atoms in total. The Morgan fingerprint density at radius 3 is 2.93 bits per heavy atom. The van der Waals surface area contributed by atoms with Gasteiger partial charge in [0.15, 0.2) is 0 Å². The molecule has 0 saturated heterocycles. The van der Waals surface area contributed by atoms with Crippen LogP contribution >= 0.6 is 0 Å². The Labute approximate surface area is 83.8 Å². The summed E-state index contributed by atoms with van der Waals surface area (Å²) in [5, 5.41) is 4.25. The lowest BCUT2D eigenvalue weighted by Gasteiger charge is -2.11. The van der Waals surface area contributed by atoms with Crippen LogP contribution in [-0.2, 0) is 4.74 Å². The Hall–Kier alpha value is -1.35. The van der Waals surface area contributed by atoms with Crippen LogP contribution in [0.1, 0.15) is 12.5 Å². The van der Waals surface area contributed by atoms with E-state index in [4.69, 9.17) is 4.74 Å². The Morgan fingerprint density at radius 2 is 2.21 bits per heavy atom. The SMILES string of the molecule is CCOC1CNN=C1c1ccccc1. The second-order valence-corrected chi connectivity index (χ2v) is 3.17. The molecule has 0 radical (unpaired) electrons. The third-order valence-electron chi connectivity index (χ3n) is 2.22. The van der Waals surface area contributed by atoms with Crippen molar-refractivity contribution in [1.29, 1.82) is 0 Å². The summed E-state index contributed by atoms with van der Waals surface area (Å²) in [7, 11) is 0. The molecule has 0 aliphatic carbocycles. The molecule has 1 aromatic carbocycles. The van der Waals surface area contributed by atoms with E-state index in [2.05, 4.69) is 22.7 Å². The van der Waals surface area contributed by atoms with Gasteiger partial charge < -0.3 is 10.2 Å². The molecule has 1 aliphatic rings. The largest absolute Gasteiger partial charge is 0.370 e. The molecule has 0 fully saturated rings. The Bertz CT molecular complexity index is 321. The van der Waals surface area contributed by atoms with Gasteiger partial charge in [-0.2, -0.15) is 5.10 Å². The minimum Gasteiger partial charge on any atom is -0.370 e. The second kappa shape index (κ2) is 4.24. The summed E-state index contributed by atoms with van der Waals surface area (Å²) in [4.78, 5) is 0. The summed E-state index contributed by atoms with van der Waals surface area (Å²) in [5.74, 6) is 0. The zero-order valence-electron chi connectivity index (χ0n) is 8.23. The lowest BCUT2D eigenvalue weighted by atomic mass is 10.1. The summed E-state index contributed by atoms with van der Waals surface area (Å²) in [6.45, 7) is 3.50. The first-order chi connectivity index (χ1) is 6.92. The Morgan fingerprint density at radius 1 is 1.43 bits per heavy atom.